The Balaban J connectivity index is 3.15. The number of rotatable bonds is 3. The smallest absolute Gasteiger partial charge is 0.336 e. The Morgan fingerprint density at radius 1 is 1.64 bits per heavy atom. The monoisotopic (exact) mass is 207 g/mol. The van der Waals surface area contributed by atoms with Gasteiger partial charge in [-0.05, 0) is 24.0 Å². The second-order valence-electron chi connectivity index (χ2n) is 2.67. The van der Waals surface area contributed by atoms with Crippen molar-refractivity contribution in [3.05, 3.63) is 29.3 Å². The number of carboxylic acid groups (broad SMARTS) is 1. The minimum atomic E-state index is -0.950. The number of hydrogen-bond acceptors (Lipinski definition) is 3. The van der Waals surface area contributed by atoms with Crippen molar-refractivity contribution in [1.29, 1.82) is 5.26 Å². The number of nitriles is 1. The third-order valence-electron chi connectivity index (χ3n) is 1.78. The summed E-state index contributed by atoms with van der Waals surface area (Å²) in [6.45, 7) is 0. The largest absolute Gasteiger partial charge is 0.478 e. The van der Waals surface area contributed by atoms with Crippen LogP contribution in [0.2, 0.25) is 0 Å². The first-order valence-electron chi connectivity index (χ1n) is 3.96. The van der Waals surface area contributed by atoms with Crippen LogP contribution in [0.25, 0.3) is 0 Å². The number of carboxylic acids is 1. The van der Waals surface area contributed by atoms with Crippen molar-refractivity contribution < 1.29 is 9.90 Å². The van der Waals surface area contributed by atoms with Crippen LogP contribution in [0.15, 0.2) is 23.1 Å². The average Bonchev–Trinajstić information content (AvgIpc) is 2.18. The lowest BCUT2D eigenvalue weighted by Gasteiger charge is -2.03. The van der Waals surface area contributed by atoms with Gasteiger partial charge in [-0.1, -0.05) is 6.07 Å². The lowest BCUT2D eigenvalue weighted by Crippen LogP contribution is -2.00. The minimum Gasteiger partial charge on any atom is -0.478 e. The second-order valence-corrected chi connectivity index (χ2v) is 3.52. The van der Waals surface area contributed by atoms with Gasteiger partial charge in [0.05, 0.1) is 18.1 Å². The van der Waals surface area contributed by atoms with Crippen LogP contribution in [0.3, 0.4) is 0 Å². The lowest BCUT2D eigenvalue weighted by atomic mass is 10.1. The van der Waals surface area contributed by atoms with Gasteiger partial charge in [0.15, 0.2) is 0 Å². The summed E-state index contributed by atoms with van der Waals surface area (Å²) >= 11 is 1.39. The molecule has 4 heteroatoms. The first-order valence-corrected chi connectivity index (χ1v) is 5.18. The molecule has 0 aliphatic carbocycles. The molecule has 1 aromatic carbocycles. The Morgan fingerprint density at radius 2 is 2.36 bits per heavy atom. The van der Waals surface area contributed by atoms with Crippen molar-refractivity contribution in [3.8, 4) is 6.07 Å². The molecule has 0 fully saturated rings. The standard InChI is InChI=1S/C10H9NO2S/c1-14-9-3-2-7(4-5-11)6-8(9)10(12)13/h2-3,6H,4H2,1H3,(H,12,13). The molecule has 0 spiro atoms. The van der Waals surface area contributed by atoms with E-state index in [-0.39, 0.29) is 12.0 Å². The Bertz CT molecular complexity index is 396. The molecule has 14 heavy (non-hydrogen) atoms. The van der Waals surface area contributed by atoms with Crippen molar-refractivity contribution in [2.45, 2.75) is 11.3 Å². The number of benzene rings is 1. The van der Waals surface area contributed by atoms with Crippen LogP contribution >= 0.6 is 11.8 Å². The summed E-state index contributed by atoms with van der Waals surface area (Å²) < 4.78 is 0. The topological polar surface area (TPSA) is 61.1 Å². The van der Waals surface area contributed by atoms with Crippen molar-refractivity contribution in [1.82, 2.24) is 0 Å². The molecule has 0 aliphatic heterocycles. The third-order valence-corrected chi connectivity index (χ3v) is 2.57. The maximum atomic E-state index is 10.8. The zero-order valence-corrected chi connectivity index (χ0v) is 8.47. The highest BCUT2D eigenvalue weighted by Crippen LogP contribution is 2.21. The van der Waals surface area contributed by atoms with Crippen LogP contribution in [-0.2, 0) is 6.42 Å². The summed E-state index contributed by atoms with van der Waals surface area (Å²) in [4.78, 5) is 11.6. The maximum absolute atomic E-state index is 10.8. The summed E-state index contributed by atoms with van der Waals surface area (Å²) in [5, 5.41) is 17.4. The van der Waals surface area contributed by atoms with Crippen LogP contribution < -0.4 is 0 Å². The summed E-state index contributed by atoms with van der Waals surface area (Å²) in [6, 6.07) is 7.06. The molecule has 0 heterocycles. The second kappa shape index (κ2) is 4.68. The van der Waals surface area contributed by atoms with E-state index < -0.39 is 5.97 Å². The molecule has 0 aromatic heterocycles. The van der Waals surface area contributed by atoms with Crippen molar-refractivity contribution in [3.63, 3.8) is 0 Å². The summed E-state index contributed by atoms with van der Waals surface area (Å²) in [6.07, 6.45) is 2.07. The predicted molar refractivity (Wildman–Crippen MR) is 54.5 cm³/mol. The molecule has 1 N–H and O–H groups in total. The lowest BCUT2D eigenvalue weighted by molar-refractivity contribution is 0.0693. The highest BCUT2D eigenvalue weighted by molar-refractivity contribution is 7.98. The molecule has 0 unspecified atom stereocenters. The van der Waals surface area contributed by atoms with Gasteiger partial charge in [0.1, 0.15) is 0 Å². The number of nitrogens with zero attached hydrogens (tertiary/aromatic N) is 1. The van der Waals surface area contributed by atoms with Gasteiger partial charge in [-0.15, -0.1) is 11.8 Å². The van der Waals surface area contributed by atoms with E-state index in [1.807, 2.05) is 12.3 Å². The van der Waals surface area contributed by atoms with Crippen LogP contribution in [-0.4, -0.2) is 17.3 Å². The Labute approximate surface area is 86.4 Å². The quantitative estimate of drug-likeness (QED) is 0.771. The van der Waals surface area contributed by atoms with Crippen molar-refractivity contribution in [2.75, 3.05) is 6.26 Å². The molecule has 1 aromatic rings. The molecule has 0 aliphatic rings. The normalized spacial score (nSPS) is 9.43. The summed E-state index contributed by atoms with van der Waals surface area (Å²) in [5.41, 5.74) is 1.01. The first kappa shape index (κ1) is 10.6. The van der Waals surface area contributed by atoms with E-state index in [0.717, 1.165) is 10.5 Å². The SMILES string of the molecule is CSc1ccc(CC#N)cc1C(=O)O. The van der Waals surface area contributed by atoms with Gasteiger partial charge in [-0.3, -0.25) is 0 Å². The number of thioether (sulfide) groups is 1. The van der Waals surface area contributed by atoms with Crippen LogP contribution in [0.5, 0.6) is 0 Å². The highest BCUT2D eigenvalue weighted by Gasteiger charge is 2.09. The molecule has 72 valence electrons. The predicted octanol–water partition coefficient (Wildman–Crippen LogP) is 2.17. The number of aromatic carboxylic acids is 1. The summed E-state index contributed by atoms with van der Waals surface area (Å²) in [7, 11) is 0. The van der Waals surface area contributed by atoms with E-state index in [9.17, 15) is 4.79 Å². The van der Waals surface area contributed by atoms with Gasteiger partial charge in [-0.2, -0.15) is 5.26 Å². The fourth-order valence-corrected chi connectivity index (χ4v) is 1.69. The van der Waals surface area contributed by atoms with E-state index in [4.69, 9.17) is 10.4 Å². The van der Waals surface area contributed by atoms with Crippen molar-refractivity contribution >= 4 is 17.7 Å². The average molecular weight is 207 g/mol. The Hall–Kier alpha value is -1.47. The van der Waals surface area contributed by atoms with Gasteiger partial charge in [0.25, 0.3) is 0 Å². The molecule has 0 radical (unpaired) electrons. The molecule has 1 rings (SSSR count). The van der Waals surface area contributed by atoms with Crippen molar-refractivity contribution in [2.24, 2.45) is 0 Å². The van der Waals surface area contributed by atoms with Crippen LogP contribution in [0.4, 0.5) is 0 Å². The Morgan fingerprint density at radius 3 is 2.86 bits per heavy atom. The number of hydrogen-bond donors (Lipinski definition) is 1. The molecular formula is C10H9NO2S. The minimum absolute atomic E-state index is 0.245. The van der Waals surface area contributed by atoms with Crippen LogP contribution in [0, 0.1) is 11.3 Å². The van der Waals surface area contributed by atoms with E-state index in [1.54, 1.807) is 18.2 Å². The maximum Gasteiger partial charge on any atom is 0.336 e. The fourth-order valence-electron chi connectivity index (χ4n) is 1.12. The van der Waals surface area contributed by atoms with E-state index >= 15 is 0 Å². The van der Waals surface area contributed by atoms with Gasteiger partial charge >= 0.3 is 5.97 Å². The first-order chi connectivity index (χ1) is 6.69. The number of carbonyl (C=O) groups is 1. The molecule has 0 saturated heterocycles. The van der Waals surface area contributed by atoms with E-state index in [2.05, 4.69) is 0 Å². The zero-order valence-electron chi connectivity index (χ0n) is 7.65. The van der Waals surface area contributed by atoms with Crippen LogP contribution in [0.1, 0.15) is 15.9 Å². The highest BCUT2D eigenvalue weighted by atomic mass is 32.2. The van der Waals surface area contributed by atoms with E-state index in [0.29, 0.717) is 0 Å². The zero-order chi connectivity index (χ0) is 10.6. The van der Waals surface area contributed by atoms with E-state index in [1.165, 1.54) is 11.8 Å². The fraction of sp³-hybridized carbons (Fsp3) is 0.200. The van der Waals surface area contributed by atoms with Gasteiger partial charge in [0.2, 0.25) is 0 Å². The van der Waals surface area contributed by atoms with Gasteiger partial charge in [0, 0.05) is 4.90 Å². The summed E-state index contributed by atoms with van der Waals surface area (Å²) in [5.74, 6) is -0.950. The molecular weight excluding hydrogens is 198 g/mol. The molecule has 0 atom stereocenters. The Kier molecular flexibility index (Phi) is 3.55. The third kappa shape index (κ3) is 2.27. The molecule has 0 amide bonds. The van der Waals surface area contributed by atoms with Gasteiger partial charge in [-0.25, -0.2) is 4.79 Å². The molecule has 0 bridgehead atoms. The van der Waals surface area contributed by atoms with Gasteiger partial charge < -0.3 is 5.11 Å². The molecule has 0 saturated carbocycles. The molecule has 3 nitrogen and oxygen atoms in total.